The van der Waals surface area contributed by atoms with E-state index in [0.717, 1.165) is 34.0 Å². The molecule has 0 N–H and O–H groups in total. The smallest absolute Gasteiger partial charge is 0.0561 e. The molecule has 0 saturated heterocycles. The molecule has 0 amide bonds. The number of fused-ring (bicyclic) bond motifs is 7. The van der Waals surface area contributed by atoms with E-state index in [1.807, 2.05) is 0 Å². The van der Waals surface area contributed by atoms with Gasteiger partial charge in [0.1, 0.15) is 0 Å². The van der Waals surface area contributed by atoms with Gasteiger partial charge in [-0.15, -0.1) is 0 Å². The molecule has 0 radical (unpaired) electrons. The first kappa shape index (κ1) is 31.2. The van der Waals surface area contributed by atoms with Gasteiger partial charge in [0.15, 0.2) is 0 Å². The first-order valence-electron chi connectivity index (χ1n) is 18.9. The summed E-state index contributed by atoms with van der Waals surface area (Å²) in [7, 11) is 0. The van der Waals surface area contributed by atoms with Crippen LogP contribution in [0.2, 0.25) is 0 Å². The van der Waals surface area contributed by atoms with Crippen LogP contribution < -0.4 is 4.90 Å². The standard InChI is InChI=1S/C52H35N3/c1-2-15-37(16-3-1)43-18-6-10-22-48(43)53(39-28-30-40(31-29-39)54-49-23-11-7-19-44(49)45-20-8-12-24-50(45)54)42-32-33-47-46-21-9-13-25-51(46)55(52(47)35-42)41-27-26-36-14-4-5-17-38(36)34-41/h1-35H. The molecular formula is C52H35N3. The number of hydrogen-bond acceptors (Lipinski definition) is 1. The summed E-state index contributed by atoms with van der Waals surface area (Å²) in [6, 6.07) is 77.0. The van der Waals surface area contributed by atoms with Gasteiger partial charge in [-0.1, -0.05) is 140 Å². The Morgan fingerprint density at radius 3 is 1.51 bits per heavy atom. The van der Waals surface area contributed by atoms with Crippen molar-refractivity contribution in [2.24, 2.45) is 0 Å². The molecule has 0 aliphatic heterocycles. The second-order valence-corrected chi connectivity index (χ2v) is 14.2. The van der Waals surface area contributed by atoms with Crippen LogP contribution in [0.5, 0.6) is 0 Å². The molecule has 0 bridgehead atoms. The molecule has 2 aromatic heterocycles. The first-order chi connectivity index (χ1) is 27.3. The molecule has 11 aromatic rings. The Labute approximate surface area is 319 Å². The van der Waals surface area contributed by atoms with Crippen molar-refractivity contribution < 1.29 is 0 Å². The van der Waals surface area contributed by atoms with Gasteiger partial charge in [0.25, 0.3) is 0 Å². The van der Waals surface area contributed by atoms with Gasteiger partial charge in [-0.3, -0.25) is 0 Å². The van der Waals surface area contributed by atoms with E-state index < -0.39 is 0 Å². The van der Waals surface area contributed by atoms with Crippen molar-refractivity contribution in [1.29, 1.82) is 0 Å². The SMILES string of the molecule is c1ccc(-c2ccccc2N(c2ccc(-n3c4ccccc4c4ccccc43)cc2)c2ccc3c4ccccc4n(-c4ccc5ccccc5c4)c3c2)cc1. The van der Waals surface area contributed by atoms with E-state index in [1.165, 1.54) is 60.0 Å². The van der Waals surface area contributed by atoms with Crippen LogP contribution in [0.25, 0.3) is 76.9 Å². The quantitative estimate of drug-likeness (QED) is 0.168. The zero-order valence-corrected chi connectivity index (χ0v) is 30.0. The predicted octanol–water partition coefficient (Wildman–Crippen LogP) is 14.2. The third-order valence-corrected chi connectivity index (χ3v) is 11.1. The second-order valence-electron chi connectivity index (χ2n) is 14.2. The lowest BCUT2D eigenvalue weighted by Crippen LogP contribution is -2.11. The van der Waals surface area contributed by atoms with Crippen LogP contribution in [-0.2, 0) is 0 Å². The number of hydrogen-bond donors (Lipinski definition) is 0. The van der Waals surface area contributed by atoms with Crippen LogP contribution in [-0.4, -0.2) is 9.13 Å². The number of para-hydroxylation sites is 4. The van der Waals surface area contributed by atoms with Gasteiger partial charge >= 0.3 is 0 Å². The zero-order valence-electron chi connectivity index (χ0n) is 30.0. The summed E-state index contributed by atoms with van der Waals surface area (Å²) in [6.07, 6.45) is 0. The number of nitrogens with zero attached hydrogens (tertiary/aromatic N) is 3. The van der Waals surface area contributed by atoms with Crippen LogP contribution >= 0.6 is 0 Å². The summed E-state index contributed by atoms with van der Waals surface area (Å²) in [4.78, 5) is 2.42. The van der Waals surface area contributed by atoms with E-state index in [9.17, 15) is 0 Å². The van der Waals surface area contributed by atoms with Crippen molar-refractivity contribution in [1.82, 2.24) is 9.13 Å². The topological polar surface area (TPSA) is 13.1 Å². The molecule has 0 aliphatic carbocycles. The molecule has 55 heavy (non-hydrogen) atoms. The number of aromatic nitrogens is 2. The lowest BCUT2D eigenvalue weighted by atomic mass is 10.0. The van der Waals surface area contributed by atoms with E-state index in [2.05, 4.69) is 226 Å². The largest absolute Gasteiger partial charge is 0.310 e. The molecule has 3 nitrogen and oxygen atoms in total. The molecule has 0 atom stereocenters. The molecule has 3 heteroatoms. The first-order valence-corrected chi connectivity index (χ1v) is 18.9. The molecule has 9 aromatic carbocycles. The summed E-state index contributed by atoms with van der Waals surface area (Å²) in [5.74, 6) is 0. The van der Waals surface area contributed by atoms with Gasteiger partial charge in [-0.25, -0.2) is 0 Å². The average molecular weight is 702 g/mol. The summed E-state index contributed by atoms with van der Waals surface area (Å²) < 4.78 is 4.80. The molecule has 0 saturated carbocycles. The zero-order chi connectivity index (χ0) is 36.3. The summed E-state index contributed by atoms with van der Waals surface area (Å²) in [6.45, 7) is 0. The fourth-order valence-corrected chi connectivity index (χ4v) is 8.60. The Balaban J connectivity index is 1.14. The van der Waals surface area contributed by atoms with E-state index in [0.29, 0.717) is 0 Å². The van der Waals surface area contributed by atoms with Gasteiger partial charge in [0.2, 0.25) is 0 Å². The highest BCUT2D eigenvalue weighted by Crippen LogP contribution is 2.44. The average Bonchev–Trinajstić information content (AvgIpc) is 3.77. The number of rotatable bonds is 6. The fraction of sp³-hybridized carbons (Fsp3) is 0. The maximum atomic E-state index is 2.42. The number of anilines is 3. The van der Waals surface area contributed by atoms with Gasteiger partial charge in [-0.05, 0) is 89.1 Å². The summed E-state index contributed by atoms with van der Waals surface area (Å²) >= 11 is 0. The Morgan fingerprint density at radius 2 is 0.818 bits per heavy atom. The van der Waals surface area contributed by atoms with E-state index >= 15 is 0 Å². The Hall–Kier alpha value is -7.36. The minimum Gasteiger partial charge on any atom is -0.310 e. The highest BCUT2D eigenvalue weighted by Gasteiger charge is 2.21. The maximum Gasteiger partial charge on any atom is 0.0561 e. The second kappa shape index (κ2) is 12.6. The minimum atomic E-state index is 1.08. The van der Waals surface area contributed by atoms with Gasteiger partial charge in [-0.2, -0.15) is 0 Å². The summed E-state index contributed by atoms with van der Waals surface area (Å²) in [5.41, 5.74) is 12.7. The molecule has 2 heterocycles. The van der Waals surface area contributed by atoms with Crippen molar-refractivity contribution in [2.75, 3.05) is 4.90 Å². The van der Waals surface area contributed by atoms with Crippen LogP contribution in [0.3, 0.4) is 0 Å². The van der Waals surface area contributed by atoms with Crippen molar-refractivity contribution in [3.63, 3.8) is 0 Å². The lowest BCUT2D eigenvalue weighted by molar-refractivity contribution is 1.17. The van der Waals surface area contributed by atoms with Crippen molar-refractivity contribution in [3.8, 4) is 22.5 Å². The molecule has 258 valence electrons. The summed E-state index contributed by atoms with van der Waals surface area (Å²) in [5, 5.41) is 7.45. The number of benzene rings is 9. The van der Waals surface area contributed by atoms with Gasteiger partial charge in [0, 0.05) is 49.9 Å². The van der Waals surface area contributed by atoms with Crippen molar-refractivity contribution >= 4 is 71.4 Å². The van der Waals surface area contributed by atoms with Crippen LogP contribution in [0, 0.1) is 0 Å². The Kier molecular flexibility index (Phi) is 7.17. The van der Waals surface area contributed by atoms with Crippen LogP contribution in [0.4, 0.5) is 17.1 Å². The molecular weight excluding hydrogens is 667 g/mol. The van der Waals surface area contributed by atoms with Crippen LogP contribution in [0.1, 0.15) is 0 Å². The Morgan fingerprint density at radius 1 is 0.309 bits per heavy atom. The highest BCUT2D eigenvalue weighted by molar-refractivity contribution is 6.11. The van der Waals surface area contributed by atoms with E-state index in [1.54, 1.807) is 0 Å². The fourth-order valence-electron chi connectivity index (χ4n) is 8.60. The maximum absolute atomic E-state index is 2.42. The van der Waals surface area contributed by atoms with Gasteiger partial charge in [0.05, 0.1) is 27.8 Å². The molecule has 11 rings (SSSR count). The van der Waals surface area contributed by atoms with Crippen molar-refractivity contribution in [2.45, 2.75) is 0 Å². The van der Waals surface area contributed by atoms with E-state index in [-0.39, 0.29) is 0 Å². The lowest BCUT2D eigenvalue weighted by Gasteiger charge is -2.28. The minimum absolute atomic E-state index is 1.08. The molecule has 0 spiro atoms. The Bertz CT molecular complexity index is 3150. The molecule has 0 fully saturated rings. The molecule has 0 aliphatic rings. The monoisotopic (exact) mass is 701 g/mol. The van der Waals surface area contributed by atoms with Crippen molar-refractivity contribution in [3.05, 3.63) is 212 Å². The third-order valence-electron chi connectivity index (χ3n) is 11.1. The van der Waals surface area contributed by atoms with Crippen LogP contribution in [0.15, 0.2) is 212 Å². The highest BCUT2D eigenvalue weighted by atomic mass is 15.1. The van der Waals surface area contributed by atoms with E-state index in [4.69, 9.17) is 0 Å². The van der Waals surface area contributed by atoms with Gasteiger partial charge < -0.3 is 14.0 Å². The predicted molar refractivity (Wildman–Crippen MR) is 233 cm³/mol. The normalized spacial score (nSPS) is 11.6. The third kappa shape index (κ3) is 5.05. The molecule has 0 unspecified atom stereocenters.